The Morgan fingerprint density at radius 1 is 1.00 bits per heavy atom. The molecular weight excluding hydrogens is 422 g/mol. The van der Waals surface area contributed by atoms with Gasteiger partial charge in [0.15, 0.2) is 11.7 Å². The van der Waals surface area contributed by atoms with Crippen LogP contribution in [0.4, 0.5) is 11.4 Å². The van der Waals surface area contributed by atoms with E-state index in [1.165, 1.54) is 24.5 Å². The fourth-order valence-corrected chi connectivity index (χ4v) is 3.61. The van der Waals surface area contributed by atoms with Crippen LogP contribution in [0.2, 0.25) is 0 Å². The van der Waals surface area contributed by atoms with Crippen LogP contribution in [-0.2, 0) is 19.1 Å². The molecule has 0 spiro atoms. The third kappa shape index (κ3) is 5.43. The van der Waals surface area contributed by atoms with Crippen LogP contribution >= 0.6 is 11.4 Å². The maximum atomic E-state index is 12.4. The van der Waals surface area contributed by atoms with Crippen LogP contribution in [0.5, 0.6) is 0 Å². The lowest BCUT2D eigenvalue weighted by atomic mass is 10.1. The summed E-state index contributed by atoms with van der Waals surface area (Å²) in [6.07, 6.45) is 0.262. The number of benzene rings is 2. The number of ether oxygens (including phenoxy) is 2. The lowest BCUT2D eigenvalue weighted by Gasteiger charge is -2.11. The highest BCUT2D eigenvalue weighted by molar-refractivity contribution is 7.99. The number of carbonyl (C=O) groups excluding carboxylic acids is 4. The first kappa shape index (κ1) is 21.9. The van der Waals surface area contributed by atoms with E-state index >= 15 is 0 Å². The Balaban J connectivity index is 1.58. The van der Waals surface area contributed by atoms with Crippen LogP contribution < -0.4 is 16.0 Å². The minimum absolute atomic E-state index is 0.154. The molecule has 2 aromatic rings. The second-order valence-electron chi connectivity index (χ2n) is 6.33. The van der Waals surface area contributed by atoms with Crippen molar-refractivity contribution in [1.29, 1.82) is 0 Å². The van der Waals surface area contributed by atoms with E-state index < -0.39 is 24.5 Å². The normalized spacial score (nSPS) is 11.5. The minimum Gasteiger partial charge on any atom is -0.465 e. The Hall–Kier alpha value is -3.79. The number of carbonyl (C=O) groups is 4. The van der Waals surface area contributed by atoms with Gasteiger partial charge in [-0.15, -0.1) is 0 Å². The summed E-state index contributed by atoms with van der Waals surface area (Å²) in [6, 6.07) is 11.4. The molecule has 0 saturated heterocycles. The molecule has 31 heavy (non-hydrogen) atoms. The summed E-state index contributed by atoms with van der Waals surface area (Å²) in [5, 5.41) is 8.68. The molecule has 0 fully saturated rings. The van der Waals surface area contributed by atoms with Gasteiger partial charge in [0, 0.05) is 6.42 Å². The predicted molar refractivity (Wildman–Crippen MR) is 116 cm³/mol. The summed E-state index contributed by atoms with van der Waals surface area (Å²) in [5.41, 5.74) is 1.59. The van der Waals surface area contributed by atoms with Crippen molar-refractivity contribution in [1.82, 2.24) is 5.32 Å². The molecule has 1 heterocycles. The first-order valence-corrected chi connectivity index (χ1v) is 10.1. The van der Waals surface area contributed by atoms with E-state index in [2.05, 4.69) is 16.0 Å². The highest BCUT2D eigenvalue weighted by Crippen LogP contribution is 2.30. The van der Waals surface area contributed by atoms with E-state index in [4.69, 9.17) is 9.47 Å². The second kappa shape index (κ2) is 9.81. The molecular formula is C21H20N3O6S. The van der Waals surface area contributed by atoms with Gasteiger partial charge in [0.1, 0.15) is 0 Å². The lowest BCUT2D eigenvalue weighted by Crippen LogP contribution is -2.36. The van der Waals surface area contributed by atoms with Crippen molar-refractivity contribution >= 4 is 51.6 Å². The summed E-state index contributed by atoms with van der Waals surface area (Å²) in [6.45, 7) is 1.19. The van der Waals surface area contributed by atoms with E-state index in [-0.39, 0.29) is 17.9 Å². The quantitative estimate of drug-likeness (QED) is 0.464. The van der Waals surface area contributed by atoms with Crippen LogP contribution in [0.3, 0.4) is 0 Å². The van der Waals surface area contributed by atoms with Crippen molar-refractivity contribution in [3.63, 3.8) is 0 Å². The molecule has 3 rings (SSSR count). The van der Waals surface area contributed by atoms with Crippen molar-refractivity contribution in [3.8, 4) is 0 Å². The SMILES string of the molecule is CCC(=O)Nc1ccccc1C(=O)OCC(=O)NC1=[S]c2cc(C(=O)OC)ccc2N1. The number of rotatable bonds is 6. The van der Waals surface area contributed by atoms with E-state index in [9.17, 15) is 19.2 Å². The van der Waals surface area contributed by atoms with Crippen molar-refractivity contribution in [2.45, 2.75) is 18.2 Å². The maximum Gasteiger partial charge on any atom is 0.340 e. The average molecular weight is 442 g/mol. The molecule has 0 aromatic heterocycles. The fraction of sp³-hybridized carbons (Fsp3) is 0.190. The number of para-hydroxylation sites is 1. The van der Waals surface area contributed by atoms with Crippen molar-refractivity contribution in [3.05, 3.63) is 53.6 Å². The molecule has 10 heteroatoms. The standard InChI is InChI=1S/C21H20N3O6S/c1-3-17(25)22-14-7-5-4-6-13(14)20(28)30-11-18(26)24-21-23-15-9-8-12(19(27)29-2)10-16(15)31-21/h4-10,23H,3,11H2,1-2H3,(H,22,25)(H,24,26). The van der Waals surface area contributed by atoms with E-state index in [1.54, 1.807) is 43.3 Å². The Morgan fingerprint density at radius 2 is 1.77 bits per heavy atom. The molecule has 0 aliphatic carbocycles. The monoisotopic (exact) mass is 442 g/mol. The van der Waals surface area contributed by atoms with Crippen LogP contribution in [-0.4, -0.2) is 42.6 Å². The Bertz CT molecular complexity index is 1080. The maximum absolute atomic E-state index is 12.4. The van der Waals surface area contributed by atoms with Gasteiger partial charge in [-0.2, -0.15) is 0 Å². The van der Waals surface area contributed by atoms with E-state index in [0.717, 1.165) is 10.6 Å². The van der Waals surface area contributed by atoms with Crippen LogP contribution in [0, 0.1) is 0 Å². The van der Waals surface area contributed by atoms with Gasteiger partial charge in [-0.3, -0.25) is 9.59 Å². The van der Waals surface area contributed by atoms with Crippen LogP contribution in [0.25, 0.3) is 0 Å². The number of hydrogen-bond donors (Lipinski definition) is 3. The number of nitrogens with one attached hydrogen (secondary N) is 3. The van der Waals surface area contributed by atoms with Crippen LogP contribution in [0.1, 0.15) is 34.1 Å². The van der Waals surface area contributed by atoms with Crippen LogP contribution in [0.15, 0.2) is 47.4 Å². The Morgan fingerprint density at radius 3 is 2.52 bits per heavy atom. The molecule has 2 aromatic carbocycles. The lowest BCUT2D eigenvalue weighted by molar-refractivity contribution is -0.122. The highest BCUT2D eigenvalue weighted by Gasteiger charge is 2.19. The van der Waals surface area contributed by atoms with Gasteiger partial charge in [-0.25, -0.2) is 9.59 Å². The molecule has 2 amide bonds. The molecule has 9 nitrogen and oxygen atoms in total. The summed E-state index contributed by atoms with van der Waals surface area (Å²) in [7, 11) is 1.30. The molecule has 0 atom stereocenters. The third-order valence-electron chi connectivity index (χ3n) is 4.19. The molecule has 1 aliphatic heterocycles. The fourth-order valence-electron chi connectivity index (χ4n) is 2.65. The van der Waals surface area contributed by atoms with E-state index in [0.29, 0.717) is 16.4 Å². The molecule has 1 radical (unpaired) electrons. The second-order valence-corrected chi connectivity index (χ2v) is 7.38. The Labute approximate surface area is 182 Å². The number of fused-ring (bicyclic) bond motifs is 1. The summed E-state index contributed by atoms with van der Waals surface area (Å²) in [5.74, 6) is -1.97. The van der Waals surface area contributed by atoms with Gasteiger partial charge < -0.3 is 25.4 Å². The van der Waals surface area contributed by atoms with Gasteiger partial charge in [-0.1, -0.05) is 30.4 Å². The minimum atomic E-state index is -0.731. The zero-order valence-electron chi connectivity index (χ0n) is 16.8. The zero-order chi connectivity index (χ0) is 22.4. The van der Waals surface area contributed by atoms with Gasteiger partial charge >= 0.3 is 11.9 Å². The first-order valence-electron chi connectivity index (χ1n) is 9.31. The number of esters is 2. The predicted octanol–water partition coefficient (Wildman–Crippen LogP) is 2.40. The molecule has 161 valence electrons. The molecule has 3 N–H and O–H groups in total. The third-order valence-corrected chi connectivity index (χ3v) is 5.16. The first-order chi connectivity index (χ1) is 14.9. The van der Waals surface area contributed by atoms with Crippen molar-refractivity contribution in [2.75, 3.05) is 24.4 Å². The number of methoxy groups -OCH3 is 1. The average Bonchev–Trinajstić information content (AvgIpc) is 3.18. The van der Waals surface area contributed by atoms with Gasteiger partial charge in [-0.05, 0) is 30.3 Å². The summed E-state index contributed by atoms with van der Waals surface area (Å²) >= 11 is 1.23. The smallest absolute Gasteiger partial charge is 0.340 e. The van der Waals surface area contributed by atoms with Gasteiger partial charge in [0.25, 0.3) is 5.91 Å². The highest BCUT2D eigenvalue weighted by atomic mass is 32.1. The van der Waals surface area contributed by atoms with E-state index in [1.807, 2.05) is 0 Å². The van der Waals surface area contributed by atoms with Crippen molar-refractivity contribution < 1.29 is 28.7 Å². The number of anilines is 2. The molecule has 0 bridgehead atoms. The number of hydrogen-bond acceptors (Lipinski definition) is 7. The molecule has 0 saturated carbocycles. The summed E-state index contributed by atoms with van der Waals surface area (Å²) in [4.78, 5) is 48.6. The van der Waals surface area contributed by atoms with Gasteiger partial charge in [0.05, 0.1) is 34.5 Å². The van der Waals surface area contributed by atoms with Gasteiger partial charge in [0.2, 0.25) is 5.91 Å². The number of amides is 2. The zero-order valence-corrected chi connectivity index (χ0v) is 17.6. The topological polar surface area (TPSA) is 123 Å². The largest absolute Gasteiger partial charge is 0.465 e. The molecule has 0 unspecified atom stereocenters. The van der Waals surface area contributed by atoms with Crippen molar-refractivity contribution in [2.24, 2.45) is 0 Å². The summed E-state index contributed by atoms with van der Waals surface area (Å²) < 4.78 is 9.78. The molecule has 1 aliphatic rings. The Kier molecular flexibility index (Phi) is 6.93.